The number of fused-ring (bicyclic) bond motifs is 1. The maximum Gasteiger partial charge on any atom is 0.243 e. The number of sulfonamides is 1. The molecule has 1 atom stereocenters. The zero-order chi connectivity index (χ0) is 23.5. The van der Waals surface area contributed by atoms with E-state index in [1.54, 1.807) is 30.3 Å². The number of carbonyl (C=O) groups excluding carboxylic acids is 1. The van der Waals surface area contributed by atoms with Crippen LogP contribution >= 0.6 is 0 Å². The van der Waals surface area contributed by atoms with Crippen molar-refractivity contribution >= 4 is 27.0 Å². The van der Waals surface area contributed by atoms with Crippen molar-refractivity contribution in [2.45, 2.75) is 36.9 Å². The summed E-state index contributed by atoms with van der Waals surface area (Å²) in [7, 11) is -3.70. The van der Waals surface area contributed by atoms with Gasteiger partial charge in [-0.1, -0.05) is 54.6 Å². The van der Waals surface area contributed by atoms with Gasteiger partial charge in [0.15, 0.2) is 0 Å². The largest absolute Gasteiger partial charge is 0.351 e. The van der Waals surface area contributed by atoms with Crippen LogP contribution in [0.15, 0.2) is 90.1 Å². The Bertz CT molecular complexity index is 1400. The van der Waals surface area contributed by atoms with Gasteiger partial charge in [0.1, 0.15) is 6.04 Å². The Balaban J connectivity index is 1.21. The highest BCUT2D eigenvalue weighted by Crippen LogP contribution is 2.26. The second-order valence-corrected chi connectivity index (χ2v) is 10.4. The topological polar surface area (TPSA) is 84.3 Å². The number of carbonyl (C=O) groups is 1. The quantitative estimate of drug-likeness (QED) is 0.444. The minimum Gasteiger partial charge on any atom is -0.351 e. The van der Waals surface area contributed by atoms with Crippen LogP contribution in [0.5, 0.6) is 0 Å². The molecular formula is C26H26N4O3S. The van der Waals surface area contributed by atoms with Gasteiger partial charge in [-0.2, -0.15) is 4.31 Å². The number of nitrogens with one attached hydrogen (secondary N) is 1. The number of imidazole rings is 1. The monoisotopic (exact) mass is 474 g/mol. The zero-order valence-electron chi connectivity index (χ0n) is 18.7. The van der Waals surface area contributed by atoms with Crippen LogP contribution in [0.1, 0.15) is 24.0 Å². The summed E-state index contributed by atoms with van der Waals surface area (Å²) >= 11 is 0. The Morgan fingerprint density at radius 3 is 2.44 bits per heavy atom. The van der Waals surface area contributed by atoms with Gasteiger partial charge in [-0.25, -0.2) is 13.4 Å². The first kappa shape index (κ1) is 22.3. The molecule has 174 valence electrons. The number of aromatic nitrogens is 2. The third kappa shape index (κ3) is 4.47. The Labute approximate surface area is 199 Å². The Morgan fingerprint density at radius 2 is 1.65 bits per heavy atom. The molecule has 1 aliphatic heterocycles. The summed E-state index contributed by atoms with van der Waals surface area (Å²) in [6.07, 6.45) is 3.03. The predicted molar refractivity (Wildman–Crippen MR) is 130 cm³/mol. The van der Waals surface area contributed by atoms with E-state index in [-0.39, 0.29) is 10.8 Å². The molecule has 0 bridgehead atoms. The third-order valence-electron chi connectivity index (χ3n) is 6.23. The second kappa shape index (κ2) is 9.40. The minimum absolute atomic E-state index is 0.218. The summed E-state index contributed by atoms with van der Waals surface area (Å²) in [6, 6.07) is 23.7. The molecule has 0 radical (unpaired) electrons. The van der Waals surface area contributed by atoms with Crippen LogP contribution in [-0.2, 0) is 27.9 Å². The van der Waals surface area contributed by atoms with Crippen LogP contribution in [-0.4, -0.2) is 40.8 Å². The third-order valence-corrected chi connectivity index (χ3v) is 8.15. The molecule has 1 amide bonds. The average Bonchev–Trinajstić information content (AvgIpc) is 3.52. The normalized spacial score (nSPS) is 16.6. The number of hydrogen-bond acceptors (Lipinski definition) is 4. The van der Waals surface area contributed by atoms with Crippen LogP contribution < -0.4 is 5.32 Å². The Morgan fingerprint density at radius 1 is 0.941 bits per heavy atom. The lowest BCUT2D eigenvalue weighted by molar-refractivity contribution is -0.124. The average molecular weight is 475 g/mol. The van der Waals surface area contributed by atoms with E-state index in [9.17, 15) is 13.2 Å². The fraction of sp³-hybridized carbons (Fsp3) is 0.231. The first-order chi connectivity index (χ1) is 16.5. The molecule has 0 aliphatic carbocycles. The molecule has 34 heavy (non-hydrogen) atoms. The molecule has 0 spiro atoms. The van der Waals surface area contributed by atoms with Crippen molar-refractivity contribution in [1.82, 2.24) is 19.2 Å². The van der Waals surface area contributed by atoms with Crippen molar-refractivity contribution in [3.05, 3.63) is 96.3 Å². The van der Waals surface area contributed by atoms with Crippen LogP contribution in [0.2, 0.25) is 0 Å². The molecule has 0 saturated carbocycles. The van der Waals surface area contributed by atoms with Crippen LogP contribution in [0.4, 0.5) is 0 Å². The van der Waals surface area contributed by atoms with E-state index in [0.29, 0.717) is 32.5 Å². The van der Waals surface area contributed by atoms with Gasteiger partial charge >= 0.3 is 0 Å². The Kier molecular flexibility index (Phi) is 6.17. The minimum atomic E-state index is -3.70. The van der Waals surface area contributed by atoms with Crippen LogP contribution in [0.25, 0.3) is 11.0 Å². The smallest absolute Gasteiger partial charge is 0.243 e. The van der Waals surface area contributed by atoms with E-state index in [2.05, 4.69) is 20.9 Å². The molecule has 1 fully saturated rings. The van der Waals surface area contributed by atoms with Crippen molar-refractivity contribution in [3.63, 3.8) is 0 Å². The summed E-state index contributed by atoms with van der Waals surface area (Å²) in [5.41, 5.74) is 4.15. The van der Waals surface area contributed by atoms with E-state index < -0.39 is 16.1 Å². The van der Waals surface area contributed by atoms with Gasteiger partial charge in [-0.05, 0) is 48.2 Å². The number of amides is 1. The first-order valence-corrected chi connectivity index (χ1v) is 12.8. The number of nitrogens with zero attached hydrogens (tertiary/aromatic N) is 3. The summed E-state index contributed by atoms with van der Waals surface area (Å²) in [5.74, 6) is -0.258. The van der Waals surface area contributed by atoms with Gasteiger partial charge in [0.05, 0.1) is 22.3 Å². The molecule has 1 aromatic heterocycles. The van der Waals surface area contributed by atoms with Gasteiger partial charge < -0.3 is 9.88 Å². The lowest BCUT2D eigenvalue weighted by Gasteiger charge is -2.23. The predicted octanol–water partition coefficient (Wildman–Crippen LogP) is 3.55. The summed E-state index contributed by atoms with van der Waals surface area (Å²) < 4.78 is 29.5. The van der Waals surface area contributed by atoms with Gasteiger partial charge in [0.25, 0.3) is 0 Å². The number of para-hydroxylation sites is 2. The van der Waals surface area contributed by atoms with Gasteiger partial charge in [0, 0.05) is 19.6 Å². The van der Waals surface area contributed by atoms with E-state index in [0.717, 1.165) is 22.2 Å². The lowest BCUT2D eigenvalue weighted by atomic mass is 10.1. The van der Waals surface area contributed by atoms with E-state index in [4.69, 9.17) is 0 Å². The van der Waals surface area contributed by atoms with E-state index in [1.165, 1.54) is 4.31 Å². The standard InChI is InChI=1S/C26H26N4O3S/c31-26(25-11-6-16-30(25)34(32,33)22-7-2-1-3-8-22)27-17-20-12-14-21(15-13-20)18-29-19-28-23-9-4-5-10-24(23)29/h1-5,7-10,12-15,19,25H,6,11,16-18H2,(H,27,31). The van der Waals surface area contributed by atoms with Gasteiger partial charge in [-0.15, -0.1) is 0 Å². The van der Waals surface area contributed by atoms with Gasteiger partial charge in [0.2, 0.25) is 15.9 Å². The molecule has 1 aliphatic rings. The molecular weight excluding hydrogens is 448 g/mol. The van der Waals surface area contributed by atoms with Crippen molar-refractivity contribution in [2.24, 2.45) is 0 Å². The van der Waals surface area contributed by atoms with Crippen molar-refractivity contribution < 1.29 is 13.2 Å². The highest BCUT2D eigenvalue weighted by molar-refractivity contribution is 7.89. The molecule has 1 saturated heterocycles. The molecule has 7 nitrogen and oxygen atoms in total. The first-order valence-electron chi connectivity index (χ1n) is 11.3. The van der Waals surface area contributed by atoms with Crippen molar-refractivity contribution in [3.8, 4) is 0 Å². The highest BCUT2D eigenvalue weighted by Gasteiger charge is 2.39. The molecule has 4 aromatic rings. The number of rotatable bonds is 7. The number of benzene rings is 3. The maximum absolute atomic E-state index is 13.0. The van der Waals surface area contributed by atoms with Crippen LogP contribution in [0, 0.1) is 0 Å². The van der Waals surface area contributed by atoms with Crippen molar-refractivity contribution in [2.75, 3.05) is 6.54 Å². The summed E-state index contributed by atoms with van der Waals surface area (Å²) in [4.78, 5) is 17.5. The summed E-state index contributed by atoms with van der Waals surface area (Å²) in [5, 5.41) is 2.92. The maximum atomic E-state index is 13.0. The van der Waals surface area contributed by atoms with Crippen LogP contribution in [0.3, 0.4) is 0 Å². The SMILES string of the molecule is O=C(NCc1ccc(Cn2cnc3ccccc32)cc1)C1CCCN1S(=O)(=O)c1ccccc1. The molecule has 3 aromatic carbocycles. The molecule has 1 N–H and O–H groups in total. The number of hydrogen-bond donors (Lipinski definition) is 1. The molecule has 5 rings (SSSR count). The zero-order valence-corrected chi connectivity index (χ0v) is 19.5. The van der Waals surface area contributed by atoms with Gasteiger partial charge in [-0.3, -0.25) is 4.79 Å². The molecule has 2 heterocycles. The molecule has 1 unspecified atom stereocenters. The molecule has 8 heteroatoms. The highest BCUT2D eigenvalue weighted by atomic mass is 32.2. The fourth-order valence-electron chi connectivity index (χ4n) is 4.42. The lowest BCUT2D eigenvalue weighted by Crippen LogP contribution is -2.45. The fourth-order valence-corrected chi connectivity index (χ4v) is 6.10. The van der Waals surface area contributed by atoms with E-state index in [1.807, 2.05) is 48.8 Å². The summed E-state index contributed by atoms with van der Waals surface area (Å²) in [6.45, 7) is 1.41. The van der Waals surface area contributed by atoms with Crippen molar-refractivity contribution in [1.29, 1.82) is 0 Å². The second-order valence-electron chi connectivity index (χ2n) is 8.48. The van der Waals surface area contributed by atoms with E-state index >= 15 is 0 Å². The Hall–Kier alpha value is -3.49.